The maximum Gasteiger partial charge on any atom is 0.281 e. The van der Waals surface area contributed by atoms with Crippen molar-refractivity contribution in [3.63, 3.8) is 0 Å². The Morgan fingerprint density at radius 3 is 2.21 bits per heavy atom. The number of nitrogens with one attached hydrogen (secondary N) is 1. The molecule has 0 aromatic carbocycles. The van der Waals surface area contributed by atoms with E-state index in [0.29, 0.717) is 13.1 Å². The summed E-state index contributed by atoms with van der Waals surface area (Å²) in [5.74, 6) is 0. The topological polar surface area (TPSA) is 52.7 Å². The molecule has 0 amide bonds. The van der Waals surface area contributed by atoms with Gasteiger partial charge in [0.15, 0.2) is 0 Å². The molecule has 0 bridgehead atoms. The first-order valence-corrected chi connectivity index (χ1v) is 8.65. The monoisotopic (exact) mass is 293 g/mol. The van der Waals surface area contributed by atoms with Gasteiger partial charge < -0.3 is 5.32 Å². The molecule has 5 nitrogen and oxygen atoms in total. The minimum atomic E-state index is -3.32. The van der Waals surface area contributed by atoms with Crippen molar-refractivity contribution in [3.05, 3.63) is 0 Å². The van der Waals surface area contributed by atoms with Crippen molar-refractivity contribution in [2.75, 3.05) is 33.7 Å². The summed E-state index contributed by atoms with van der Waals surface area (Å²) in [5.41, 5.74) is 0. The van der Waals surface area contributed by atoms with Gasteiger partial charge in [0.25, 0.3) is 10.2 Å². The van der Waals surface area contributed by atoms with Crippen molar-refractivity contribution in [2.24, 2.45) is 0 Å². The van der Waals surface area contributed by atoms with E-state index in [9.17, 15) is 8.42 Å². The molecule has 0 saturated carbocycles. The highest BCUT2D eigenvalue weighted by atomic mass is 32.2. The van der Waals surface area contributed by atoms with Crippen LogP contribution in [0.1, 0.15) is 46.5 Å². The van der Waals surface area contributed by atoms with E-state index in [4.69, 9.17) is 0 Å². The van der Waals surface area contributed by atoms with Crippen LogP contribution in [0.4, 0.5) is 0 Å². The smallest absolute Gasteiger partial charge is 0.281 e. The van der Waals surface area contributed by atoms with Crippen molar-refractivity contribution in [1.82, 2.24) is 13.9 Å². The van der Waals surface area contributed by atoms with E-state index in [1.807, 2.05) is 20.9 Å². The first kappa shape index (κ1) is 18.8. The van der Waals surface area contributed by atoms with Crippen molar-refractivity contribution >= 4 is 10.2 Å². The Morgan fingerprint density at radius 2 is 1.74 bits per heavy atom. The van der Waals surface area contributed by atoms with E-state index in [-0.39, 0.29) is 6.04 Å². The highest BCUT2D eigenvalue weighted by Gasteiger charge is 2.28. The molecule has 0 aromatic rings. The quantitative estimate of drug-likeness (QED) is 0.590. The van der Waals surface area contributed by atoms with Gasteiger partial charge in [-0.1, -0.05) is 19.8 Å². The summed E-state index contributed by atoms with van der Waals surface area (Å²) in [7, 11) is 0.219. The Bertz CT molecular complexity index is 318. The van der Waals surface area contributed by atoms with Gasteiger partial charge >= 0.3 is 0 Å². The van der Waals surface area contributed by atoms with Crippen molar-refractivity contribution in [1.29, 1.82) is 0 Å². The molecular formula is C13H31N3O2S. The third-order valence-electron chi connectivity index (χ3n) is 3.15. The molecule has 1 N–H and O–H groups in total. The summed E-state index contributed by atoms with van der Waals surface area (Å²) in [5, 5.41) is 3.03. The maximum atomic E-state index is 12.5. The lowest BCUT2D eigenvalue weighted by Gasteiger charge is -2.30. The first-order chi connectivity index (χ1) is 8.87. The third kappa shape index (κ3) is 6.70. The lowest BCUT2D eigenvalue weighted by atomic mass is 10.2. The lowest BCUT2D eigenvalue weighted by Crippen LogP contribution is -2.46. The summed E-state index contributed by atoms with van der Waals surface area (Å²) in [6, 6.07) is 0.00797. The average molecular weight is 293 g/mol. The van der Waals surface area contributed by atoms with E-state index >= 15 is 0 Å². The number of rotatable bonds is 11. The van der Waals surface area contributed by atoms with E-state index in [1.54, 1.807) is 11.4 Å². The minimum Gasteiger partial charge on any atom is -0.320 e. The molecule has 0 atom stereocenters. The van der Waals surface area contributed by atoms with E-state index < -0.39 is 10.2 Å². The molecular weight excluding hydrogens is 262 g/mol. The van der Waals surface area contributed by atoms with Crippen LogP contribution in [0.2, 0.25) is 0 Å². The Labute approximate surface area is 119 Å². The van der Waals surface area contributed by atoms with Crippen molar-refractivity contribution in [3.8, 4) is 0 Å². The van der Waals surface area contributed by atoms with Gasteiger partial charge in [-0.3, -0.25) is 0 Å². The molecule has 0 spiro atoms. The highest BCUT2D eigenvalue weighted by molar-refractivity contribution is 7.86. The molecule has 0 radical (unpaired) electrons. The van der Waals surface area contributed by atoms with E-state index in [1.165, 1.54) is 4.31 Å². The average Bonchev–Trinajstić information content (AvgIpc) is 2.34. The molecule has 0 saturated heterocycles. The van der Waals surface area contributed by atoms with Crippen LogP contribution < -0.4 is 5.32 Å². The SMILES string of the molecule is CCCCCN(C(C)C)S(=O)(=O)N(C)CCCNC. The molecule has 0 rings (SSSR count). The zero-order valence-electron chi connectivity index (χ0n) is 13.1. The summed E-state index contributed by atoms with van der Waals surface area (Å²) >= 11 is 0. The molecule has 116 valence electrons. The predicted molar refractivity (Wildman–Crippen MR) is 81.5 cm³/mol. The maximum absolute atomic E-state index is 12.5. The summed E-state index contributed by atoms with van der Waals surface area (Å²) in [6.45, 7) is 8.00. The number of nitrogens with zero attached hydrogens (tertiary/aromatic N) is 2. The fourth-order valence-electron chi connectivity index (χ4n) is 1.93. The fraction of sp³-hybridized carbons (Fsp3) is 1.00. The van der Waals surface area contributed by atoms with Gasteiger partial charge in [0.1, 0.15) is 0 Å². The number of hydrogen-bond donors (Lipinski definition) is 1. The van der Waals surface area contributed by atoms with Gasteiger partial charge in [-0.05, 0) is 40.3 Å². The molecule has 0 unspecified atom stereocenters. The Morgan fingerprint density at radius 1 is 1.11 bits per heavy atom. The second-order valence-corrected chi connectivity index (χ2v) is 7.19. The van der Waals surface area contributed by atoms with E-state index in [0.717, 1.165) is 32.2 Å². The molecule has 0 aliphatic carbocycles. The molecule has 0 heterocycles. The number of hydrogen-bond acceptors (Lipinski definition) is 3. The molecule has 0 fully saturated rings. The summed E-state index contributed by atoms with van der Waals surface area (Å²) in [4.78, 5) is 0. The normalized spacial score (nSPS) is 12.8. The molecule has 0 aliphatic rings. The van der Waals surface area contributed by atoms with Gasteiger partial charge in [-0.15, -0.1) is 0 Å². The van der Waals surface area contributed by atoms with Gasteiger partial charge in [0, 0.05) is 26.2 Å². The second kappa shape index (κ2) is 9.69. The van der Waals surface area contributed by atoms with Crippen LogP contribution in [0, 0.1) is 0 Å². The summed E-state index contributed by atoms with van der Waals surface area (Å²) < 4.78 is 28.1. The Hall–Kier alpha value is -0.170. The van der Waals surface area contributed by atoms with Gasteiger partial charge in [0.2, 0.25) is 0 Å². The molecule has 19 heavy (non-hydrogen) atoms. The number of unbranched alkanes of at least 4 members (excludes halogenated alkanes) is 2. The molecule has 0 aliphatic heterocycles. The fourth-order valence-corrected chi connectivity index (χ4v) is 3.54. The lowest BCUT2D eigenvalue weighted by molar-refractivity contribution is 0.311. The predicted octanol–water partition coefficient (Wildman–Crippen LogP) is 1.67. The van der Waals surface area contributed by atoms with Gasteiger partial charge in [0.05, 0.1) is 0 Å². The highest BCUT2D eigenvalue weighted by Crippen LogP contribution is 2.13. The molecule has 0 aromatic heterocycles. The van der Waals surface area contributed by atoms with Crippen LogP contribution in [0.3, 0.4) is 0 Å². The van der Waals surface area contributed by atoms with Crippen LogP contribution in [0.15, 0.2) is 0 Å². The van der Waals surface area contributed by atoms with E-state index in [2.05, 4.69) is 12.2 Å². The van der Waals surface area contributed by atoms with Crippen LogP contribution in [0.25, 0.3) is 0 Å². The van der Waals surface area contributed by atoms with Crippen molar-refractivity contribution in [2.45, 2.75) is 52.5 Å². The van der Waals surface area contributed by atoms with Gasteiger partial charge in [-0.25, -0.2) is 0 Å². The third-order valence-corrected chi connectivity index (χ3v) is 5.32. The minimum absolute atomic E-state index is 0.00797. The van der Waals surface area contributed by atoms with Crippen LogP contribution in [-0.4, -0.2) is 56.8 Å². The Balaban J connectivity index is 4.59. The second-order valence-electron chi connectivity index (χ2n) is 5.20. The standard InChI is InChI=1S/C13H31N3O2S/c1-6-7-8-12-16(13(2)3)19(17,18)15(5)11-9-10-14-4/h13-14H,6-12H2,1-5H3. The Kier molecular flexibility index (Phi) is 9.60. The van der Waals surface area contributed by atoms with Crippen molar-refractivity contribution < 1.29 is 8.42 Å². The zero-order valence-corrected chi connectivity index (χ0v) is 14.0. The zero-order chi connectivity index (χ0) is 14.9. The molecule has 6 heteroatoms. The van der Waals surface area contributed by atoms with Crippen LogP contribution >= 0.6 is 0 Å². The first-order valence-electron chi connectivity index (χ1n) is 7.25. The van der Waals surface area contributed by atoms with Crippen LogP contribution in [0.5, 0.6) is 0 Å². The van der Waals surface area contributed by atoms with Gasteiger partial charge in [-0.2, -0.15) is 17.0 Å². The largest absolute Gasteiger partial charge is 0.320 e. The summed E-state index contributed by atoms with van der Waals surface area (Å²) in [6.07, 6.45) is 3.93. The van der Waals surface area contributed by atoms with Crippen LogP contribution in [-0.2, 0) is 10.2 Å².